The first-order chi connectivity index (χ1) is 15.9. The topological polar surface area (TPSA) is 135 Å². The van der Waals surface area contributed by atoms with E-state index in [1.54, 1.807) is 18.2 Å². The Balaban J connectivity index is 1.87. The summed E-state index contributed by atoms with van der Waals surface area (Å²) in [6, 6.07) is 19.5. The van der Waals surface area contributed by atoms with Gasteiger partial charge in [-0.05, 0) is 23.8 Å². The lowest BCUT2D eigenvalue weighted by Crippen LogP contribution is -2.13. The fourth-order valence-electron chi connectivity index (χ4n) is 2.92. The summed E-state index contributed by atoms with van der Waals surface area (Å²) in [5.41, 5.74) is 0.678. The van der Waals surface area contributed by atoms with E-state index in [9.17, 15) is 25.3 Å². The Morgan fingerprint density at radius 3 is 2.58 bits per heavy atom. The zero-order valence-corrected chi connectivity index (χ0v) is 17.5. The van der Waals surface area contributed by atoms with Crippen molar-refractivity contribution in [3.8, 4) is 23.3 Å². The molecular weight excluding hydrogens is 426 g/mol. The van der Waals surface area contributed by atoms with Crippen LogP contribution in [0.25, 0.3) is 6.08 Å². The van der Waals surface area contributed by atoms with E-state index < -0.39 is 16.6 Å². The van der Waals surface area contributed by atoms with E-state index in [2.05, 4.69) is 5.32 Å². The average Bonchev–Trinajstić information content (AvgIpc) is 2.83. The molecule has 9 nitrogen and oxygen atoms in total. The predicted octanol–water partition coefficient (Wildman–Crippen LogP) is 4.43. The molecule has 3 aromatic rings. The number of nitro benzene ring substituents is 1. The van der Waals surface area contributed by atoms with Gasteiger partial charge in [-0.1, -0.05) is 42.5 Å². The number of phenols is 1. The number of hydrogen-bond donors (Lipinski definition) is 2. The van der Waals surface area contributed by atoms with Gasteiger partial charge in [-0.3, -0.25) is 14.9 Å². The third kappa shape index (κ3) is 5.65. The van der Waals surface area contributed by atoms with Gasteiger partial charge in [0.25, 0.3) is 11.6 Å². The number of carbonyl (C=O) groups excluding carboxylic acids is 1. The molecule has 0 saturated heterocycles. The molecule has 2 N–H and O–H groups in total. The largest absolute Gasteiger partial charge is 0.506 e. The number of para-hydroxylation sites is 1. The molecule has 33 heavy (non-hydrogen) atoms. The molecule has 1 amide bonds. The van der Waals surface area contributed by atoms with Gasteiger partial charge in [-0.25, -0.2) is 0 Å². The van der Waals surface area contributed by atoms with Gasteiger partial charge < -0.3 is 19.9 Å². The van der Waals surface area contributed by atoms with Crippen molar-refractivity contribution >= 4 is 23.4 Å². The number of nitriles is 1. The monoisotopic (exact) mass is 445 g/mol. The number of rotatable bonds is 8. The van der Waals surface area contributed by atoms with Gasteiger partial charge in [0.1, 0.15) is 24.0 Å². The van der Waals surface area contributed by atoms with E-state index in [1.165, 1.54) is 19.3 Å². The number of nitrogens with one attached hydrogen (secondary N) is 1. The molecule has 0 atom stereocenters. The Morgan fingerprint density at radius 2 is 1.94 bits per heavy atom. The highest BCUT2D eigenvalue weighted by Crippen LogP contribution is 2.34. The highest BCUT2D eigenvalue weighted by atomic mass is 16.6. The fourth-order valence-corrected chi connectivity index (χ4v) is 2.92. The molecule has 0 bridgehead atoms. The Kier molecular flexibility index (Phi) is 7.24. The molecule has 0 spiro atoms. The van der Waals surface area contributed by atoms with Crippen molar-refractivity contribution in [3.63, 3.8) is 0 Å². The lowest BCUT2D eigenvalue weighted by atomic mass is 10.1. The van der Waals surface area contributed by atoms with Crippen LogP contribution in [-0.2, 0) is 11.4 Å². The van der Waals surface area contributed by atoms with Crippen LogP contribution in [0.2, 0.25) is 0 Å². The summed E-state index contributed by atoms with van der Waals surface area (Å²) in [6.07, 6.45) is 1.33. The van der Waals surface area contributed by atoms with Gasteiger partial charge in [0.2, 0.25) is 0 Å². The van der Waals surface area contributed by atoms with Crippen LogP contribution >= 0.6 is 0 Å². The van der Waals surface area contributed by atoms with Crippen molar-refractivity contribution in [1.29, 1.82) is 5.26 Å². The first kappa shape index (κ1) is 22.8. The Bertz CT molecular complexity index is 1250. The third-order valence-electron chi connectivity index (χ3n) is 4.56. The van der Waals surface area contributed by atoms with Crippen LogP contribution in [0.1, 0.15) is 11.1 Å². The zero-order chi connectivity index (χ0) is 23.8. The Morgan fingerprint density at radius 1 is 1.18 bits per heavy atom. The minimum Gasteiger partial charge on any atom is -0.506 e. The zero-order valence-electron chi connectivity index (χ0n) is 17.5. The molecule has 0 unspecified atom stereocenters. The molecule has 0 aliphatic rings. The second kappa shape index (κ2) is 10.5. The van der Waals surface area contributed by atoms with Gasteiger partial charge >= 0.3 is 0 Å². The predicted molar refractivity (Wildman–Crippen MR) is 121 cm³/mol. The number of non-ortho nitro benzene ring substituents is 1. The van der Waals surface area contributed by atoms with Crippen LogP contribution in [0.3, 0.4) is 0 Å². The number of nitro groups is 1. The second-order valence-corrected chi connectivity index (χ2v) is 6.74. The normalized spacial score (nSPS) is 10.7. The first-order valence-electron chi connectivity index (χ1n) is 9.67. The number of amides is 1. The quantitative estimate of drug-likeness (QED) is 0.172. The number of hydrogen-bond acceptors (Lipinski definition) is 7. The summed E-state index contributed by atoms with van der Waals surface area (Å²) in [6.45, 7) is 0.243. The van der Waals surface area contributed by atoms with E-state index in [4.69, 9.17) is 9.47 Å². The highest BCUT2D eigenvalue weighted by molar-refractivity contribution is 6.10. The Hall–Kier alpha value is -4.84. The lowest BCUT2D eigenvalue weighted by Gasteiger charge is -2.14. The van der Waals surface area contributed by atoms with Crippen LogP contribution in [0.15, 0.2) is 72.3 Å². The average molecular weight is 445 g/mol. The molecule has 3 rings (SSSR count). The van der Waals surface area contributed by atoms with Crippen LogP contribution in [0, 0.1) is 21.4 Å². The molecule has 9 heteroatoms. The number of nitrogens with zero attached hydrogens (tertiary/aromatic N) is 2. The number of benzene rings is 3. The number of anilines is 1. The van der Waals surface area contributed by atoms with Crippen LogP contribution in [0.4, 0.5) is 11.4 Å². The molecule has 0 aromatic heterocycles. The van der Waals surface area contributed by atoms with E-state index in [0.29, 0.717) is 17.1 Å². The van der Waals surface area contributed by atoms with Crippen LogP contribution < -0.4 is 14.8 Å². The fraction of sp³-hybridized carbons (Fsp3) is 0.0833. The first-order valence-corrected chi connectivity index (χ1v) is 9.67. The minimum atomic E-state index is -0.807. The highest BCUT2D eigenvalue weighted by Gasteiger charge is 2.17. The van der Waals surface area contributed by atoms with Gasteiger partial charge in [-0.2, -0.15) is 5.26 Å². The lowest BCUT2D eigenvalue weighted by molar-refractivity contribution is -0.384. The Labute approximate surface area is 189 Å². The minimum absolute atomic E-state index is 0.0713. The summed E-state index contributed by atoms with van der Waals surface area (Å²) in [5, 5.41) is 32.7. The van der Waals surface area contributed by atoms with Crippen LogP contribution in [-0.4, -0.2) is 23.0 Å². The molecule has 0 heterocycles. The summed E-state index contributed by atoms with van der Waals surface area (Å²) in [5.74, 6) is -0.533. The van der Waals surface area contributed by atoms with Crippen molar-refractivity contribution in [2.45, 2.75) is 6.61 Å². The molecule has 3 aromatic carbocycles. The van der Waals surface area contributed by atoms with Crippen molar-refractivity contribution in [2.75, 3.05) is 12.4 Å². The molecule has 0 fully saturated rings. The van der Waals surface area contributed by atoms with E-state index in [1.807, 2.05) is 36.4 Å². The molecule has 0 saturated carbocycles. The molecule has 0 aliphatic heterocycles. The van der Waals surface area contributed by atoms with Crippen molar-refractivity contribution in [2.24, 2.45) is 0 Å². The van der Waals surface area contributed by atoms with Gasteiger partial charge in [0, 0.05) is 11.6 Å². The summed E-state index contributed by atoms with van der Waals surface area (Å²) in [4.78, 5) is 22.8. The number of aromatic hydroxyl groups is 1. The molecular formula is C24H19N3O6. The van der Waals surface area contributed by atoms with Crippen molar-refractivity contribution < 1.29 is 24.3 Å². The van der Waals surface area contributed by atoms with Gasteiger partial charge in [-0.15, -0.1) is 0 Å². The standard InChI is InChI=1S/C24H19N3O6/c1-32-22-9-5-8-17(23(22)33-15-16-6-3-2-4-7-16)12-18(14-25)24(29)26-20-11-10-19(27(30)31)13-21(20)28/h2-13,28H,15H2,1H3,(H,26,29)/b18-12+. The van der Waals surface area contributed by atoms with Crippen molar-refractivity contribution in [3.05, 3.63) is 93.5 Å². The number of ether oxygens (including phenoxy) is 2. The smallest absolute Gasteiger partial charge is 0.273 e. The maximum absolute atomic E-state index is 12.6. The van der Waals surface area contributed by atoms with Gasteiger partial charge in [0.15, 0.2) is 11.5 Å². The third-order valence-corrected chi connectivity index (χ3v) is 4.56. The SMILES string of the molecule is COc1cccc(/C=C(\C#N)C(=O)Nc2ccc([N+](=O)[O-])cc2O)c1OCc1ccccc1. The molecule has 166 valence electrons. The van der Waals surface area contributed by atoms with Crippen LogP contribution in [0.5, 0.6) is 17.2 Å². The van der Waals surface area contributed by atoms with E-state index in [0.717, 1.165) is 17.7 Å². The summed E-state index contributed by atoms with van der Waals surface area (Å²) >= 11 is 0. The summed E-state index contributed by atoms with van der Waals surface area (Å²) in [7, 11) is 1.48. The maximum atomic E-state index is 12.6. The molecule has 0 radical (unpaired) electrons. The van der Waals surface area contributed by atoms with E-state index in [-0.39, 0.29) is 23.6 Å². The summed E-state index contributed by atoms with van der Waals surface area (Å²) < 4.78 is 11.3. The second-order valence-electron chi connectivity index (χ2n) is 6.74. The maximum Gasteiger partial charge on any atom is 0.273 e. The van der Waals surface area contributed by atoms with E-state index >= 15 is 0 Å². The number of carbonyl (C=O) groups is 1. The number of phenolic OH excluding ortho intramolecular Hbond substituents is 1. The van der Waals surface area contributed by atoms with Crippen molar-refractivity contribution in [1.82, 2.24) is 0 Å². The number of methoxy groups -OCH3 is 1. The molecule has 0 aliphatic carbocycles. The van der Waals surface area contributed by atoms with Gasteiger partial charge in [0.05, 0.1) is 23.8 Å².